The Bertz CT molecular complexity index is 649. The van der Waals surface area contributed by atoms with E-state index < -0.39 is 0 Å². The van der Waals surface area contributed by atoms with Crippen LogP contribution in [0, 0.1) is 17.3 Å². The molecule has 1 spiro atoms. The van der Waals surface area contributed by atoms with Gasteiger partial charge in [0.2, 0.25) is 11.8 Å². The molecule has 0 N–H and O–H groups in total. The number of amides is 2. The Morgan fingerprint density at radius 3 is 2.78 bits per heavy atom. The van der Waals surface area contributed by atoms with Crippen LogP contribution in [0.2, 0.25) is 0 Å². The molecule has 1 aromatic rings. The third kappa shape index (κ3) is 2.44. The van der Waals surface area contributed by atoms with Gasteiger partial charge in [-0.1, -0.05) is 6.92 Å². The Balaban J connectivity index is 1.44. The van der Waals surface area contributed by atoms with Crippen molar-refractivity contribution in [1.82, 2.24) is 14.7 Å². The highest BCUT2D eigenvalue weighted by molar-refractivity contribution is 5.96. The first-order valence-corrected chi connectivity index (χ1v) is 8.54. The first-order valence-electron chi connectivity index (χ1n) is 8.54. The number of rotatable bonds is 2. The molecule has 3 heterocycles. The summed E-state index contributed by atoms with van der Waals surface area (Å²) in [6.45, 7) is 4.45. The number of hydrogen-bond donors (Lipinski definition) is 0. The lowest BCUT2D eigenvalue weighted by Crippen LogP contribution is -2.41. The second kappa shape index (κ2) is 5.08. The number of anilines is 1. The molecule has 2 amide bonds. The topological polar surface area (TPSA) is 58.4 Å². The van der Waals surface area contributed by atoms with E-state index in [1.165, 1.54) is 0 Å². The van der Waals surface area contributed by atoms with Crippen molar-refractivity contribution in [2.75, 3.05) is 24.5 Å². The van der Waals surface area contributed by atoms with Crippen molar-refractivity contribution >= 4 is 17.5 Å². The molecular formula is C17H24N4O2. The second-order valence-electron chi connectivity index (χ2n) is 7.81. The van der Waals surface area contributed by atoms with Crippen molar-refractivity contribution in [3.63, 3.8) is 0 Å². The van der Waals surface area contributed by atoms with Crippen LogP contribution < -0.4 is 4.90 Å². The zero-order valence-corrected chi connectivity index (χ0v) is 13.9. The molecule has 1 aromatic heterocycles. The lowest BCUT2D eigenvalue weighted by molar-refractivity contribution is -0.139. The van der Waals surface area contributed by atoms with Gasteiger partial charge in [0.15, 0.2) is 0 Å². The van der Waals surface area contributed by atoms with Crippen molar-refractivity contribution in [3.05, 3.63) is 12.4 Å². The summed E-state index contributed by atoms with van der Waals surface area (Å²) in [5.74, 6) is 1.39. The van der Waals surface area contributed by atoms with Crippen LogP contribution >= 0.6 is 0 Å². The molecule has 1 unspecified atom stereocenters. The lowest BCUT2D eigenvalue weighted by atomic mass is 9.75. The van der Waals surface area contributed by atoms with E-state index in [0.717, 1.165) is 38.0 Å². The maximum atomic E-state index is 12.6. The van der Waals surface area contributed by atoms with E-state index in [1.807, 2.05) is 23.0 Å². The van der Waals surface area contributed by atoms with Crippen LogP contribution in [0.4, 0.5) is 5.69 Å². The summed E-state index contributed by atoms with van der Waals surface area (Å²) in [7, 11) is 1.86. The van der Waals surface area contributed by atoms with Gasteiger partial charge in [-0.2, -0.15) is 5.10 Å². The van der Waals surface area contributed by atoms with Gasteiger partial charge >= 0.3 is 0 Å². The predicted molar refractivity (Wildman–Crippen MR) is 85.7 cm³/mol. The van der Waals surface area contributed by atoms with Crippen LogP contribution in [0.5, 0.6) is 0 Å². The van der Waals surface area contributed by atoms with Crippen molar-refractivity contribution in [3.8, 4) is 0 Å². The zero-order valence-electron chi connectivity index (χ0n) is 13.9. The van der Waals surface area contributed by atoms with E-state index in [1.54, 1.807) is 10.9 Å². The standard InChI is InChI=1S/C17H24N4O2/c1-12-5-13(6-12)16(23)20-4-3-17(10-20)7-15(22)21(11-17)14-8-18-19(2)9-14/h8-9,12-13H,3-7,10-11H2,1-2H3. The molecule has 3 fully saturated rings. The van der Waals surface area contributed by atoms with Gasteiger partial charge in [0.25, 0.3) is 0 Å². The molecule has 2 saturated heterocycles. The van der Waals surface area contributed by atoms with E-state index in [2.05, 4.69) is 12.0 Å². The molecule has 3 aliphatic rings. The molecule has 0 bridgehead atoms. The third-order valence-corrected chi connectivity index (χ3v) is 5.80. The SMILES string of the molecule is CC1CC(C(=O)N2CCC3(CC(=O)N(c4cnn(C)c4)C3)C2)C1. The molecule has 6 nitrogen and oxygen atoms in total. The fraction of sp³-hybridized carbons (Fsp3) is 0.706. The summed E-state index contributed by atoms with van der Waals surface area (Å²) < 4.78 is 1.72. The van der Waals surface area contributed by atoms with E-state index in [0.29, 0.717) is 24.8 Å². The summed E-state index contributed by atoms with van der Waals surface area (Å²) in [6, 6.07) is 0. The monoisotopic (exact) mass is 316 g/mol. The van der Waals surface area contributed by atoms with Crippen LogP contribution in [0.15, 0.2) is 12.4 Å². The van der Waals surface area contributed by atoms with Crippen molar-refractivity contribution < 1.29 is 9.59 Å². The summed E-state index contributed by atoms with van der Waals surface area (Å²) >= 11 is 0. The fourth-order valence-corrected chi connectivity index (χ4v) is 4.44. The highest BCUT2D eigenvalue weighted by atomic mass is 16.2. The molecule has 2 aliphatic heterocycles. The van der Waals surface area contributed by atoms with E-state index in [-0.39, 0.29) is 17.2 Å². The maximum Gasteiger partial charge on any atom is 0.227 e. The average Bonchev–Trinajstić information content (AvgIpc) is 3.15. The molecule has 1 aliphatic carbocycles. The smallest absolute Gasteiger partial charge is 0.227 e. The first-order chi connectivity index (χ1) is 11.0. The van der Waals surface area contributed by atoms with Gasteiger partial charge in [-0.05, 0) is 25.2 Å². The molecule has 0 radical (unpaired) electrons. The van der Waals surface area contributed by atoms with Gasteiger partial charge in [-0.3, -0.25) is 14.3 Å². The first kappa shape index (κ1) is 14.7. The summed E-state index contributed by atoms with van der Waals surface area (Å²) in [4.78, 5) is 28.9. The fourth-order valence-electron chi connectivity index (χ4n) is 4.44. The number of hydrogen-bond acceptors (Lipinski definition) is 3. The molecular weight excluding hydrogens is 292 g/mol. The molecule has 0 aromatic carbocycles. The summed E-state index contributed by atoms with van der Waals surface area (Å²) in [5.41, 5.74) is 0.810. The zero-order chi connectivity index (χ0) is 16.2. The second-order valence-corrected chi connectivity index (χ2v) is 7.81. The number of likely N-dealkylation sites (tertiary alicyclic amines) is 1. The van der Waals surface area contributed by atoms with Gasteiger partial charge in [-0.25, -0.2) is 0 Å². The third-order valence-electron chi connectivity index (χ3n) is 5.80. The van der Waals surface area contributed by atoms with Gasteiger partial charge in [0.05, 0.1) is 11.9 Å². The lowest BCUT2D eigenvalue weighted by Gasteiger charge is -2.35. The normalized spacial score (nSPS) is 33.6. The largest absolute Gasteiger partial charge is 0.342 e. The quantitative estimate of drug-likeness (QED) is 0.829. The average molecular weight is 316 g/mol. The molecule has 1 atom stereocenters. The van der Waals surface area contributed by atoms with Crippen LogP contribution in [0.25, 0.3) is 0 Å². The Kier molecular flexibility index (Phi) is 3.25. The molecule has 6 heteroatoms. The Morgan fingerprint density at radius 1 is 1.35 bits per heavy atom. The van der Waals surface area contributed by atoms with Crippen molar-refractivity contribution in [2.45, 2.75) is 32.6 Å². The maximum absolute atomic E-state index is 12.6. The minimum absolute atomic E-state index is 0.0576. The van der Waals surface area contributed by atoms with Crippen LogP contribution in [0.1, 0.15) is 32.6 Å². The van der Waals surface area contributed by atoms with E-state index in [9.17, 15) is 9.59 Å². The summed E-state index contributed by atoms with van der Waals surface area (Å²) in [5, 5.41) is 4.16. The summed E-state index contributed by atoms with van der Waals surface area (Å²) in [6.07, 6.45) is 7.16. The van der Waals surface area contributed by atoms with Crippen LogP contribution in [0.3, 0.4) is 0 Å². The number of nitrogens with zero attached hydrogens (tertiary/aromatic N) is 4. The van der Waals surface area contributed by atoms with Crippen molar-refractivity contribution in [1.29, 1.82) is 0 Å². The predicted octanol–water partition coefficient (Wildman–Crippen LogP) is 1.42. The highest BCUT2D eigenvalue weighted by Crippen LogP contribution is 2.43. The minimum atomic E-state index is -0.0576. The Labute approximate surface area is 136 Å². The van der Waals surface area contributed by atoms with Gasteiger partial charge in [0.1, 0.15) is 0 Å². The van der Waals surface area contributed by atoms with E-state index >= 15 is 0 Å². The minimum Gasteiger partial charge on any atom is -0.342 e. The highest BCUT2D eigenvalue weighted by Gasteiger charge is 2.50. The molecule has 124 valence electrons. The van der Waals surface area contributed by atoms with Crippen molar-refractivity contribution in [2.24, 2.45) is 24.3 Å². The Morgan fingerprint density at radius 2 is 2.13 bits per heavy atom. The molecule has 1 saturated carbocycles. The molecule has 23 heavy (non-hydrogen) atoms. The molecule has 4 rings (SSSR count). The number of carbonyl (C=O) groups excluding carboxylic acids is 2. The Hall–Kier alpha value is -1.85. The number of carbonyl (C=O) groups is 2. The van der Waals surface area contributed by atoms with Gasteiger partial charge < -0.3 is 9.80 Å². The van der Waals surface area contributed by atoms with E-state index in [4.69, 9.17) is 0 Å². The number of aryl methyl sites for hydroxylation is 1. The van der Waals surface area contributed by atoms with Crippen LogP contribution in [-0.2, 0) is 16.6 Å². The number of aromatic nitrogens is 2. The van der Waals surface area contributed by atoms with Gasteiger partial charge in [-0.15, -0.1) is 0 Å². The van der Waals surface area contributed by atoms with Crippen LogP contribution in [-0.4, -0.2) is 46.1 Å². The van der Waals surface area contributed by atoms with Gasteiger partial charge in [0, 0.05) is 50.6 Å².